The number of aryl methyl sites for hydroxylation is 1. The van der Waals surface area contributed by atoms with Crippen molar-refractivity contribution >= 4 is 28.2 Å². The molecule has 0 saturated heterocycles. The van der Waals surface area contributed by atoms with Crippen LogP contribution in [0.1, 0.15) is 41.6 Å². The van der Waals surface area contributed by atoms with Crippen molar-refractivity contribution in [3.05, 3.63) is 40.9 Å². The lowest BCUT2D eigenvalue weighted by atomic mass is 10.1. The van der Waals surface area contributed by atoms with E-state index in [9.17, 15) is 9.59 Å². The minimum atomic E-state index is -0.210. The number of Topliss-reactive ketones (excluding diaryl/α,β-unsaturated/α-hetero) is 1. The van der Waals surface area contributed by atoms with E-state index in [0.29, 0.717) is 10.7 Å². The Morgan fingerprint density at radius 3 is 2.62 bits per heavy atom. The molecule has 0 saturated carbocycles. The maximum absolute atomic E-state index is 11.9. The smallest absolute Gasteiger partial charge is 0.226 e. The fraction of sp³-hybridized carbons (Fsp3) is 0.333. The predicted molar refractivity (Wildman–Crippen MR) is 82.5 cm³/mol. The number of anilines is 1. The third-order valence-corrected chi connectivity index (χ3v) is 3.75. The molecule has 1 aromatic carbocycles. The summed E-state index contributed by atoms with van der Waals surface area (Å²) in [6.45, 7) is 2.06. The average Bonchev–Trinajstić information content (AvgIpc) is 2.93. The van der Waals surface area contributed by atoms with Gasteiger partial charge in [-0.3, -0.25) is 9.59 Å². The Bertz CT molecular complexity index is 610. The van der Waals surface area contributed by atoms with Crippen LogP contribution >= 0.6 is 11.3 Å². The van der Waals surface area contributed by atoms with Crippen LogP contribution in [0.15, 0.2) is 30.3 Å². The lowest BCUT2D eigenvalue weighted by Crippen LogP contribution is -2.13. The molecule has 0 unspecified atom stereocenters. The summed E-state index contributed by atoms with van der Waals surface area (Å²) >= 11 is 1.38. The number of carbonyl (C=O) groups excluding carboxylic acids is 2. The van der Waals surface area contributed by atoms with Gasteiger partial charge in [0.25, 0.3) is 0 Å². The minimum absolute atomic E-state index is 0.0327. The molecule has 1 N–H and O–H groups in total. The van der Waals surface area contributed by atoms with Gasteiger partial charge in [0, 0.05) is 24.8 Å². The largest absolute Gasteiger partial charge is 0.301 e. The highest BCUT2D eigenvalue weighted by molar-refractivity contribution is 7.15. The summed E-state index contributed by atoms with van der Waals surface area (Å²) in [7, 11) is 0. The van der Waals surface area contributed by atoms with Crippen LogP contribution in [0.3, 0.4) is 0 Å². The maximum Gasteiger partial charge on any atom is 0.226 e. The summed E-state index contributed by atoms with van der Waals surface area (Å²) in [5, 5.41) is 12.0. The molecule has 0 bridgehead atoms. The fourth-order valence-corrected chi connectivity index (χ4v) is 2.65. The number of nitrogens with one attached hydrogen (secondary N) is 1. The molecule has 1 aromatic heterocycles. The highest BCUT2D eigenvalue weighted by atomic mass is 32.1. The van der Waals surface area contributed by atoms with Crippen LogP contribution in [0.2, 0.25) is 0 Å². The van der Waals surface area contributed by atoms with Gasteiger partial charge in [-0.1, -0.05) is 48.6 Å². The van der Waals surface area contributed by atoms with Crippen molar-refractivity contribution in [3.63, 3.8) is 0 Å². The fourth-order valence-electron chi connectivity index (χ4n) is 1.80. The lowest BCUT2D eigenvalue weighted by molar-refractivity contribution is -0.116. The van der Waals surface area contributed by atoms with Crippen molar-refractivity contribution in [3.8, 4) is 0 Å². The Morgan fingerprint density at radius 1 is 1.14 bits per heavy atom. The van der Waals surface area contributed by atoms with Crippen molar-refractivity contribution in [2.75, 3.05) is 5.32 Å². The van der Waals surface area contributed by atoms with E-state index in [1.54, 1.807) is 12.1 Å². The SMILES string of the molecule is CCCc1nnc(NC(=O)CCC(=O)c2ccccc2)s1. The number of hydrogen-bond donors (Lipinski definition) is 1. The Hall–Kier alpha value is -2.08. The van der Waals surface area contributed by atoms with Gasteiger partial charge in [0.05, 0.1) is 0 Å². The van der Waals surface area contributed by atoms with E-state index < -0.39 is 0 Å². The zero-order valence-electron chi connectivity index (χ0n) is 11.8. The molecule has 21 heavy (non-hydrogen) atoms. The third-order valence-electron chi connectivity index (χ3n) is 2.85. The van der Waals surface area contributed by atoms with E-state index in [4.69, 9.17) is 0 Å². The Labute approximate surface area is 127 Å². The number of benzene rings is 1. The first-order valence-corrected chi connectivity index (χ1v) is 7.71. The van der Waals surface area contributed by atoms with Gasteiger partial charge in [-0.05, 0) is 6.42 Å². The molecule has 1 heterocycles. The zero-order valence-corrected chi connectivity index (χ0v) is 12.7. The van der Waals surface area contributed by atoms with Crippen LogP contribution in [-0.2, 0) is 11.2 Å². The van der Waals surface area contributed by atoms with Gasteiger partial charge in [0.15, 0.2) is 5.78 Å². The van der Waals surface area contributed by atoms with E-state index in [0.717, 1.165) is 17.8 Å². The first-order chi connectivity index (χ1) is 10.2. The van der Waals surface area contributed by atoms with Crippen molar-refractivity contribution in [2.45, 2.75) is 32.6 Å². The first kappa shape index (κ1) is 15.3. The number of amides is 1. The summed E-state index contributed by atoms with van der Waals surface area (Å²) in [4.78, 5) is 23.7. The number of ketones is 1. The summed E-state index contributed by atoms with van der Waals surface area (Å²) in [6.07, 6.45) is 2.20. The molecular weight excluding hydrogens is 286 g/mol. The molecule has 0 spiro atoms. The molecule has 0 aliphatic carbocycles. The Morgan fingerprint density at radius 2 is 1.90 bits per heavy atom. The molecule has 6 heteroatoms. The van der Waals surface area contributed by atoms with Crippen LogP contribution in [0.5, 0.6) is 0 Å². The number of rotatable bonds is 7. The maximum atomic E-state index is 11.9. The number of nitrogens with zero attached hydrogens (tertiary/aromatic N) is 2. The topological polar surface area (TPSA) is 72.0 Å². The van der Waals surface area contributed by atoms with Crippen molar-refractivity contribution in [1.29, 1.82) is 0 Å². The monoisotopic (exact) mass is 303 g/mol. The van der Waals surface area contributed by atoms with Gasteiger partial charge in [-0.2, -0.15) is 0 Å². The summed E-state index contributed by atoms with van der Waals surface area (Å²) in [5.41, 5.74) is 0.631. The van der Waals surface area contributed by atoms with Crippen molar-refractivity contribution in [1.82, 2.24) is 10.2 Å². The molecule has 110 valence electrons. The quantitative estimate of drug-likeness (QED) is 0.798. The molecule has 1 amide bonds. The van der Waals surface area contributed by atoms with Crippen LogP contribution in [0.4, 0.5) is 5.13 Å². The number of carbonyl (C=O) groups is 2. The highest BCUT2D eigenvalue weighted by Gasteiger charge is 2.11. The molecule has 0 fully saturated rings. The van der Waals surface area contributed by atoms with Crippen LogP contribution in [0.25, 0.3) is 0 Å². The van der Waals surface area contributed by atoms with E-state index in [2.05, 4.69) is 22.4 Å². The van der Waals surface area contributed by atoms with E-state index in [1.165, 1.54) is 11.3 Å². The van der Waals surface area contributed by atoms with Crippen LogP contribution in [-0.4, -0.2) is 21.9 Å². The molecule has 5 nitrogen and oxygen atoms in total. The Kier molecular flexibility index (Phi) is 5.57. The zero-order chi connectivity index (χ0) is 15.1. The summed E-state index contributed by atoms with van der Waals surface area (Å²) in [6, 6.07) is 8.98. The second-order valence-corrected chi connectivity index (χ2v) is 5.65. The molecule has 2 rings (SSSR count). The Balaban J connectivity index is 1.80. The average molecular weight is 303 g/mol. The second-order valence-electron chi connectivity index (χ2n) is 4.59. The van der Waals surface area contributed by atoms with Gasteiger partial charge < -0.3 is 5.32 Å². The normalized spacial score (nSPS) is 10.3. The lowest BCUT2D eigenvalue weighted by Gasteiger charge is -2.01. The molecule has 0 aliphatic heterocycles. The molecule has 0 aliphatic rings. The molecule has 0 radical (unpaired) electrons. The molecular formula is C15H17N3O2S. The first-order valence-electron chi connectivity index (χ1n) is 6.89. The van der Waals surface area contributed by atoms with Gasteiger partial charge in [0.1, 0.15) is 5.01 Å². The van der Waals surface area contributed by atoms with E-state index >= 15 is 0 Å². The molecule has 0 atom stereocenters. The number of hydrogen-bond acceptors (Lipinski definition) is 5. The summed E-state index contributed by atoms with van der Waals surface area (Å²) in [5.74, 6) is -0.242. The highest BCUT2D eigenvalue weighted by Crippen LogP contribution is 2.17. The van der Waals surface area contributed by atoms with Gasteiger partial charge >= 0.3 is 0 Å². The summed E-state index contributed by atoms with van der Waals surface area (Å²) < 4.78 is 0. The third kappa shape index (κ3) is 4.75. The van der Waals surface area contributed by atoms with Crippen molar-refractivity contribution < 1.29 is 9.59 Å². The standard InChI is InChI=1S/C15H17N3O2S/c1-2-6-14-17-18-15(21-14)16-13(20)10-9-12(19)11-7-4-3-5-8-11/h3-5,7-8H,2,6,9-10H2,1H3,(H,16,18,20). The van der Waals surface area contributed by atoms with Gasteiger partial charge in [-0.15, -0.1) is 10.2 Å². The van der Waals surface area contributed by atoms with Crippen LogP contribution < -0.4 is 5.32 Å². The number of aromatic nitrogens is 2. The van der Waals surface area contributed by atoms with Crippen molar-refractivity contribution in [2.24, 2.45) is 0 Å². The second kappa shape index (κ2) is 7.64. The van der Waals surface area contributed by atoms with Crippen LogP contribution in [0, 0.1) is 0 Å². The predicted octanol–water partition coefficient (Wildman–Crippen LogP) is 3.09. The minimum Gasteiger partial charge on any atom is -0.301 e. The van der Waals surface area contributed by atoms with E-state index in [-0.39, 0.29) is 24.5 Å². The van der Waals surface area contributed by atoms with E-state index in [1.807, 2.05) is 18.2 Å². The molecule has 2 aromatic rings. The van der Waals surface area contributed by atoms with Gasteiger partial charge in [-0.25, -0.2) is 0 Å². The van der Waals surface area contributed by atoms with Gasteiger partial charge in [0.2, 0.25) is 11.0 Å².